The summed E-state index contributed by atoms with van der Waals surface area (Å²) < 4.78 is 58.1. The van der Waals surface area contributed by atoms with Crippen LogP contribution < -0.4 is 17.0 Å². The number of fused-ring (bicyclic) bond motifs is 2. The van der Waals surface area contributed by atoms with E-state index in [1.807, 2.05) is 0 Å². The summed E-state index contributed by atoms with van der Waals surface area (Å²) in [6.45, 7) is 0. The zero-order chi connectivity index (χ0) is 30.5. The Kier molecular flexibility index (Phi) is 10.8. The summed E-state index contributed by atoms with van der Waals surface area (Å²) in [5, 5.41) is 27.7. The van der Waals surface area contributed by atoms with Crippen molar-refractivity contribution in [3.8, 4) is 17.2 Å². The first kappa shape index (κ1) is 33.2. The number of aromatic carboxylic acids is 1. The summed E-state index contributed by atoms with van der Waals surface area (Å²) in [6, 6.07) is 16.7. The van der Waals surface area contributed by atoms with Crippen LogP contribution in [0.15, 0.2) is 90.1 Å². The highest BCUT2D eigenvalue weighted by Gasteiger charge is 2.30. The molecular weight excluding hydrogens is 618 g/mol. The minimum atomic E-state index is -4.42. The Morgan fingerprint density at radius 1 is 0.738 bits per heavy atom. The van der Waals surface area contributed by atoms with Crippen molar-refractivity contribution in [1.29, 1.82) is 0 Å². The number of phenols is 2. The summed E-state index contributed by atoms with van der Waals surface area (Å²) in [5.74, 6) is -1.77. The number of hydrogen-bond acceptors (Lipinski definition) is 10. The van der Waals surface area contributed by atoms with Crippen molar-refractivity contribution in [3.05, 3.63) is 113 Å². The van der Waals surface area contributed by atoms with Crippen LogP contribution in [0.5, 0.6) is 11.5 Å². The highest BCUT2D eigenvalue weighted by Crippen LogP contribution is 2.28. The molecule has 1 aliphatic carbocycles. The van der Waals surface area contributed by atoms with Gasteiger partial charge in [-0.1, -0.05) is 24.3 Å². The van der Waals surface area contributed by atoms with Gasteiger partial charge in [-0.2, -0.15) is 13.0 Å². The summed E-state index contributed by atoms with van der Waals surface area (Å²) in [4.78, 5) is 34.8. The van der Waals surface area contributed by atoms with Gasteiger partial charge in [0.15, 0.2) is 29.7 Å². The number of carboxylic acids is 1. The number of hydrogen-bond donors (Lipinski definition) is 4. The number of aromatic nitrogens is 1. The number of carboxylic acid groups (broad SMARTS) is 1. The third kappa shape index (κ3) is 7.82. The third-order valence-corrected chi connectivity index (χ3v) is 6.36. The van der Waals surface area contributed by atoms with Crippen LogP contribution in [0.25, 0.3) is 5.69 Å². The molecular formula is C26H18ClNO12S2. The second kappa shape index (κ2) is 13.6. The first-order valence-corrected chi connectivity index (χ1v) is 13.5. The van der Waals surface area contributed by atoms with Crippen molar-refractivity contribution < 1.29 is 72.3 Å². The van der Waals surface area contributed by atoms with Crippen molar-refractivity contribution in [2.75, 3.05) is 0 Å². The molecule has 13 nitrogen and oxygen atoms in total. The van der Waals surface area contributed by atoms with E-state index in [1.165, 1.54) is 59.4 Å². The first-order valence-electron chi connectivity index (χ1n) is 11.0. The Morgan fingerprint density at radius 3 is 1.74 bits per heavy atom. The van der Waals surface area contributed by atoms with E-state index < -0.39 is 37.4 Å². The molecule has 0 radical (unpaired) electrons. The smallest absolute Gasteiger partial charge is 0.425 e. The number of ketones is 2. The van der Waals surface area contributed by atoms with Gasteiger partial charge in [0.05, 0.1) is 16.5 Å². The average Bonchev–Trinajstić information content (AvgIpc) is 2.92. The number of phenolic OH excluding ortho intramolecular Hbond substituents is 2. The molecule has 1 aromatic heterocycles. The van der Waals surface area contributed by atoms with E-state index >= 15 is 0 Å². The van der Waals surface area contributed by atoms with E-state index in [-0.39, 0.29) is 51.9 Å². The van der Waals surface area contributed by atoms with Crippen LogP contribution in [0.1, 0.15) is 42.2 Å². The highest BCUT2D eigenvalue weighted by atomic mass is 35.5. The lowest BCUT2D eigenvalue weighted by molar-refractivity contribution is -0.596. The lowest BCUT2D eigenvalue weighted by Crippen LogP contribution is -3.00. The zero-order valence-electron chi connectivity index (χ0n) is 20.8. The summed E-state index contributed by atoms with van der Waals surface area (Å²) in [6.07, 6.45) is 3.00. The Labute approximate surface area is 245 Å². The van der Waals surface area contributed by atoms with Gasteiger partial charge in [-0.15, -0.1) is 12.6 Å². The van der Waals surface area contributed by atoms with E-state index in [1.54, 1.807) is 18.2 Å². The predicted molar refractivity (Wildman–Crippen MR) is 138 cm³/mol. The van der Waals surface area contributed by atoms with Gasteiger partial charge in [-0.25, -0.2) is 4.79 Å². The average molecular weight is 636 g/mol. The molecule has 1 aliphatic rings. The van der Waals surface area contributed by atoms with E-state index in [9.17, 15) is 33.0 Å². The Bertz CT molecular complexity index is 1900. The van der Waals surface area contributed by atoms with Crippen molar-refractivity contribution in [2.24, 2.45) is 0 Å². The molecule has 4 N–H and O–H groups in total. The molecule has 0 aliphatic heterocycles. The number of rotatable bonds is 3. The van der Waals surface area contributed by atoms with Gasteiger partial charge in [0.25, 0.3) is 15.8 Å². The van der Waals surface area contributed by atoms with Crippen LogP contribution in [0.4, 0.5) is 0 Å². The van der Waals surface area contributed by atoms with Crippen molar-refractivity contribution in [2.45, 2.75) is 4.90 Å². The van der Waals surface area contributed by atoms with E-state index in [0.717, 1.165) is 12.1 Å². The van der Waals surface area contributed by atoms with Gasteiger partial charge in [0.2, 0.25) is 0 Å². The molecule has 0 bridgehead atoms. The molecule has 0 unspecified atom stereocenters. The molecule has 4 aromatic rings. The Morgan fingerprint density at radius 2 is 1.24 bits per heavy atom. The maximum atomic E-state index is 12.3. The van der Waals surface area contributed by atoms with Gasteiger partial charge in [-0.05, 0) is 30.3 Å². The quantitative estimate of drug-likeness (QED) is 0.104. The van der Waals surface area contributed by atoms with E-state index in [2.05, 4.69) is 0 Å². The van der Waals surface area contributed by atoms with Gasteiger partial charge < -0.3 is 27.7 Å². The number of carbonyl (C=O) groups is 3. The number of nitrogens with zero attached hydrogens (tertiary/aromatic N) is 1. The second-order valence-corrected chi connectivity index (χ2v) is 9.89. The Hall–Kier alpha value is -4.96. The maximum Gasteiger partial charge on any atom is 0.425 e. The summed E-state index contributed by atoms with van der Waals surface area (Å²) >= 11 is 0. The fourth-order valence-corrected chi connectivity index (χ4v) is 4.19. The molecule has 0 saturated heterocycles. The molecule has 218 valence electrons. The van der Waals surface area contributed by atoms with Crippen LogP contribution in [0.3, 0.4) is 0 Å². The van der Waals surface area contributed by atoms with Gasteiger partial charge in [0, 0.05) is 34.4 Å². The molecule has 0 amide bonds. The van der Waals surface area contributed by atoms with Gasteiger partial charge in [0.1, 0.15) is 5.75 Å². The SMILES string of the molecule is O=C(O)c1cc[n+](-c2cc(O)ccc2O)cc1.O=C1c2ccccc2C(=O)c2cc(S(=O)(=O)O)ccc21.O=S(=O)=O.[Cl-]. The van der Waals surface area contributed by atoms with Crippen LogP contribution in [-0.4, -0.2) is 58.5 Å². The molecule has 16 heteroatoms. The molecule has 1 heterocycles. The zero-order valence-corrected chi connectivity index (χ0v) is 23.2. The number of pyridine rings is 1. The standard InChI is InChI=1S/C14H8O5S.C12H9NO4.ClH.O3S/c15-13-9-3-1-2-4-10(9)14(16)12-7-8(20(17,18)19)5-6-11(12)13;14-9-1-2-11(15)10(7-9)13-5-3-8(4-6-13)12(16)17;;1-4(2)3/h1-7H,(H,17,18,19);1-7H,(H2-,14,15,16,17);1H;. The minimum absolute atomic E-state index is 0. The van der Waals surface area contributed by atoms with Crippen molar-refractivity contribution >= 4 is 38.3 Å². The monoisotopic (exact) mass is 635 g/mol. The van der Waals surface area contributed by atoms with E-state index in [0.29, 0.717) is 11.3 Å². The normalized spacial score (nSPS) is 11.3. The summed E-state index contributed by atoms with van der Waals surface area (Å²) in [7, 11) is -7.53. The molecule has 3 aromatic carbocycles. The van der Waals surface area contributed by atoms with E-state index in [4.69, 9.17) is 22.3 Å². The van der Waals surface area contributed by atoms with Crippen LogP contribution >= 0.6 is 0 Å². The van der Waals surface area contributed by atoms with Crippen molar-refractivity contribution in [1.82, 2.24) is 0 Å². The fourth-order valence-electron chi connectivity index (χ4n) is 3.69. The van der Waals surface area contributed by atoms with Crippen LogP contribution in [0, 0.1) is 0 Å². The number of carbonyl (C=O) groups excluding carboxylic acids is 2. The minimum Gasteiger partial charge on any atom is -1.00 e. The molecule has 0 fully saturated rings. The van der Waals surface area contributed by atoms with Crippen LogP contribution in [-0.2, 0) is 20.7 Å². The molecule has 0 spiro atoms. The number of halogens is 1. The predicted octanol–water partition coefficient (Wildman–Crippen LogP) is -1.22. The van der Waals surface area contributed by atoms with Gasteiger partial charge in [-0.3, -0.25) is 14.1 Å². The largest absolute Gasteiger partial charge is 1.00 e. The molecule has 0 saturated carbocycles. The number of aromatic hydroxyl groups is 2. The van der Waals surface area contributed by atoms with Crippen LogP contribution in [0.2, 0.25) is 0 Å². The lowest BCUT2D eigenvalue weighted by atomic mass is 9.84. The molecule has 42 heavy (non-hydrogen) atoms. The molecule has 0 atom stereocenters. The number of benzene rings is 3. The summed E-state index contributed by atoms with van der Waals surface area (Å²) in [5.41, 5.74) is 1.19. The third-order valence-electron chi connectivity index (χ3n) is 5.51. The molecule has 5 rings (SSSR count). The van der Waals surface area contributed by atoms with Gasteiger partial charge >= 0.3 is 16.6 Å². The van der Waals surface area contributed by atoms with Crippen molar-refractivity contribution in [3.63, 3.8) is 0 Å². The topological polar surface area (TPSA) is 221 Å². The second-order valence-electron chi connectivity index (χ2n) is 8.06. The first-order chi connectivity index (χ1) is 19.2. The highest BCUT2D eigenvalue weighted by molar-refractivity contribution is 7.85. The lowest BCUT2D eigenvalue weighted by Gasteiger charge is -2.17. The maximum absolute atomic E-state index is 12.3. The Balaban J connectivity index is 0.000000258. The fraction of sp³-hybridized carbons (Fsp3) is 0.